The fourth-order valence-corrected chi connectivity index (χ4v) is 1.19. The van der Waals surface area contributed by atoms with Crippen molar-refractivity contribution < 1.29 is 14.3 Å². The molecule has 82 valence electrons. The lowest BCUT2D eigenvalue weighted by Crippen LogP contribution is -1.91. The molecular weight excluding hydrogens is 209 g/mol. The number of nitriles is 1. The predicted octanol–water partition coefficient (Wildman–Crippen LogP) is 2.38. The number of halogens is 1. The minimum absolute atomic E-state index is 0.0327. The molecule has 0 aromatic heterocycles. The normalized spacial score (nSPS) is 10.2. The Labute approximate surface area is 92.4 Å². The lowest BCUT2D eigenvalue weighted by atomic mass is 10.1. The van der Waals surface area contributed by atoms with Crippen molar-refractivity contribution in [1.29, 1.82) is 5.26 Å². The van der Waals surface area contributed by atoms with Crippen molar-refractivity contribution in [1.82, 2.24) is 0 Å². The first-order valence-corrected chi connectivity index (χ1v) is 4.67. The molecule has 0 aliphatic heterocycles. The lowest BCUT2D eigenvalue weighted by molar-refractivity contribution is -0.135. The van der Waals surface area contributed by atoms with Crippen molar-refractivity contribution in [3.63, 3.8) is 0 Å². The van der Waals surface area contributed by atoms with E-state index in [0.29, 0.717) is 11.1 Å². The standard InChI is InChI=1S/C12H10FNO2/c13-11-8-9(2-1-3-12(15)16)4-5-10(11)6-7-14/h1-2,4-5,8H,3,6H2,(H,15,16). The Morgan fingerprint density at radius 3 is 2.88 bits per heavy atom. The summed E-state index contributed by atoms with van der Waals surface area (Å²) in [7, 11) is 0. The lowest BCUT2D eigenvalue weighted by Gasteiger charge is -1.99. The third-order valence-corrected chi connectivity index (χ3v) is 1.95. The highest BCUT2D eigenvalue weighted by Crippen LogP contribution is 2.12. The fraction of sp³-hybridized carbons (Fsp3) is 0.167. The molecule has 0 heterocycles. The van der Waals surface area contributed by atoms with E-state index in [1.165, 1.54) is 24.3 Å². The van der Waals surface area contributed by atoms with Crippen molar-refractivity contribution in [3.8, 4) is 6.07 Å². The molecule has 0 spiro atoms. The van der Waals surface area contributed by atoms with E-state index in [1.54, 1.807) is 6.07 Å². The molecule has 0 radical (unpaired) electrons. The van der Waals surface area contributed by atoms with Crippen LogP contribution in [0, 0.1) is 17.1 Å². The minimum atomic E-state index is -0.933. The maximum atomic E-state index is 13.3. The molecule has 0 amide bonds. The molecule has 0 fully saturated rings. The van der Waals surface area contributed by atoms with Crippen molar-refractivity contribution >= 4 is 12.0 Å². The van der Waals surface area contributed by atoms with Crippen LogP contribution in [0.15, 0.2) is 24.3 Å². The Balaban J connectivity index is 2.77. The maximum Gasteiger partial charge on any atom is 0.307 e. The molecule has 0 bridgehead atoms. The Morgan fingerprint density at radius 1 is 1.56 bits per heavy atom. The first-order chi connectivity index (χ1) is 7.63. The Kier molecular flexibility index (Phi) is 4.22. The van der Waals surface area contributed by atoms with Gasteiger partial charge in [0.1, 0.15) is 5.82 Å². The second-order valence-corrected chi connectivity index (χ2v) is 3.19. The van der Waals surface area contributed by atoms with Crippen LogP contribution in [0.4, 0.5) is 4.39 Å². The second kappa shape index (κ2) is 5.66. The van der Waals surface area contributed by atoms with E-state index in [0.717, 1.165) is 0 Å². The molecule has 16 heavy (non-hydrogen) atoms. The fourth-order valence-electron chi connectivity index (χ4n) is 1.19. The first-order valence-electron chi connectivity index (χ1n) is 4.67. The van der Waals surface area contributed by atoms with Crippen molar-refractivity contribution in [2.24, 2.45) is 0 Å². The SMILES string of the molecule is N#CCc1ccc(C=CCC(=O)O)cc1F. The Morgan fingerprint density at radius 2 is 2.31 bits per heavy atom. The number of aliphatic carboxylic acids is 1. The van der Waals surface area contributed by atoms with Gasteiger partial charge in [0.05, 0.1) is 18.9 Å². The van der Waals surface area contributed by atoms with Crippen LogP contribution in [0.25, 0.3) is 6.08 Å². The summed E-state index contributed by atoms with van der Waals surface area (Å²) >= 11 is 0. The third kappa shape index (κ3) is 3.54. The number of rotatable bonds is 4. The van der Waals surface area contributed by atoms with E-state index in [1.807, 2.05) is 6.07 Å². The van der Waals surface area contributed by atoms with Crippen LogP contribution in [-0.4, -0.2) is 11.1 Å². The molecule has 1 N–H and O–H groups in total. The molecule has 0 saturated heterocycles. The number of carboxylic acids is 1. The minimum Gasteiger partial charge on any atom is -0.481 e. The van der Waals surface area contributed by atoms with Crippen LogP contribution >= 0.6 is 0 Å². The van der Waals surface area contributed by atoms with Gasteiger partial charge in [-0.2, -0.15) is 5.26 Å². The smallest absolute Gasteiger partial charge is 0.307 e. The van der Waals surface area contributed by atoms with Gasteiger partial charge in [0.25, 0.3) is 0 Å². The number of carboxylic acid groups (broad SMARTS) is 1. The second-order valence-electron chi connectivity index (χ2n) is 3.19. The summed E-state index contributed by atoms with van der Waals surface area (Å²) in [6.45, 7) is 0. The predicted molar refractivity (Wildman–Crippen MR) is 57.0 cm³/mol. The Hall–Kier alpha value is -2.15. The average Bonchev–Trinajstić information content (AvgIpc) is 2.21. The van der Waals surface area contributed by atoms with Crippen molar-refractivity contribution in [2.45, 2.75) is 12.8 Å². The van der Waals surface area contributed by atoms with Crippen molar-refractivity contribution in [3.05, 3.63) is 41.2 Å². The maximum absolute atomic E-state index is 13.3. The quantitative estimate of drug-likeness (QED) is 0.845. The van der Waals surface area contributed by atoms with Crippen LogP contribution in [0.5, 0.6) is 0 Å². The van der Waals surface area contributed by atoms with Crippen molar-refractivity contribution in [2.75, 3.05) is 0 Å². The summed E-state index contributed by atoms with van der Waals surface area (Å²) in [4.78, 5) is 10.2. The van der Waals surface area contributed by atoms with Gasteiger partial charge in [0.2, 0.25) is 0 Å². The molecule has 1 aromatic rings. The number of benzene rings is 1. The van der Waals surface area contributed by atoms with Gasteiger partial charge in [-0.25, -0.2) is 4.39 Å². The third-order valence-electron chi connectivity index (χ3n) is 1.95. The highest BCUT2D eigenvalue weighted by Gasteiger charge is 2.01. The van der Waals surface area contributed by atoms with Crippen LogP contribution in [0.3, 0.4) is 0 Å². The van der Waals surface area contributed by atoms with Gasteiger partial charge in [-0.05, 0) is 11.6 Å². The zero-order valence-electron chi connectivity index (χ0n) is 8.48. The summed E-state index contributed by atoms with van der Waals surface area (Å²) in [6.07, 6.45) is 2.92. The summed E-state index contributed by atoms with van der Waals surface area (Å²) < 4.78 is 13.3. The number of carbonyl (C=O) groups is 1. The summed E-state index contributed by atoms with van der Waals surface area (Å²) in [5, 5.41) is 16.8. The van der Waals surface area contributed by atoms with Crippen LogP contribution in [0.2, 0.25) is 0 Å². The summed E-state index contributed by atoms with van der Waals surface area (Å²) in [5.41, 5.74) is 0.929. The van der Waals surface area contributed by atoms with Gasteiger partial charge < -0.3 is 5.11 Å². The van der Waals surface area contributed by atoms with Gasteiger partial charge in [-0.3, -0.25) is 4.79 Å². The van der Waals surface area contributed by atoms with Crippen LogP contribution in [0.1, 0.15) is 17.5 Å². The number of hydrogen-bond donors (Lipinski definition) is 1. The average molecular weight is 219 g/mol. The molecule has 4 heteroatoms. The van der Waals surface area contributed by atoms with Gasteiger partial charge in [0.15, 0.2) is 0 Å². The molecule has 0 atom stereocenters. The molecule has 1 rings (SSSR count). The topological polar surface area (TPSA) is 61.1 Å². The monoisotopic (exact) mass is 219 g/mol. The van der Waals surface area contributed by atoms with E-state index in [-0.39, 0.29) is 12.8 Å². The van der Waals surface area contributed by atoms with E-state index < -0.39 is 11.8 Å². The van der Waals surface area contributed by atoms with E-state index >= 15 is 0 Å². The van der Waals surface area contributed by atoms with Gasteiger partial charge >= 0.3 is 5.97 Å². The van der Waals surface area contributed by atoms with Gasteiger partial charge in [-0.1, -0.05) is 24.3 Å². The van der Waals surface area contributed by atoms with Gasteiger partial charge in [0, 0.05) is 5.56 Å². The molecule has 0 aliphatic rings. The molecule has 0 saturated carbocycles. The highest BCUT2D eigenvalue weighted by atomic mass is 19.1. The van der Waals surface area contributed by atoms with Crippen LogP contribution in [-0.2, 0) is 11.2 Å². The Bertz CT molecular complexity index is 461. The van der Waals surface area contributed by atoms with E-state index in [4.69, 9.17) is 10.4 Å². The zero-order valence-corrected chi connectivity index (χ0v) is 8.48. The van der Waals surface area contributed by atoms with E-state index in [9.17, 15) is 9.18 Å². The van der Waals surface area contributed by atoms with Crippen LogP contribution < -0.4 is 0 Å². The number of nitrogens with zero attached hydrogens (tertiary/aromatic N) is 1. The molecule has 1 aromatic carbocycles. The first kappa shape index (κ1) is 11.9. The largest absolute Gasteiger partial charge is 0.481 e. The zero-order chi connectivity index (χ0) is 12.0. The summed E-state index contributed by atoms with van der Waals surface area (Å²) in [6, 6.07) is 6.32. The molecule has 0 aliphatic carbocycles. The van der Waals surface area contributed by atoms with E-state index in [2.05, 4.69) is 0 Å². The molecular formula is C12H10FNO2. The highest BCUT2D eigenvalue weighted by molar-refractivity contribution is 5.70. The summed E-state index contributed by atoms with van der Waals surface area (Å²) in [5.74, 6) is -1.38. The molecule has 3 nitrogen and oxygen atoms in total. The number of hydrogen-bond acceptors (Lipinski definition) is 2. The van der Waals surface area contributed by atoms with Gasteiger partial charge in [-0.15, -0.1) is 0 Å². The molecule has 0 unspecified atom stereocenters.